The summed E-state index contributed by atoms with van der Waals surface area (Å²) in [5, 5.41) is 44.1. The number of ether oxygens (including phenoxy) is 1. The van der Waals surface area contributed by atoms with Gasteiger partial charge in [-0.05, 0) is 0 Å². The second kappa shape index (κ2) is 16.7. The number of carbonyl (C=O) groups is 6. The molecule has 8 N–H and O–H groups in total. The van der Waals surface area contributed by atoms with Gasteiger partial charge >= 0.3 is 29.8 Å². The summed E-state index contributed by atoms with van der Waals surface area (Å²) in [6, 6.07) is -2.24. The summed E-state index contributed by atoms with van der Waals surface area (Å²) in [6.07, 6.45) is -1.24. The molecule has 0 aromatic heterocycles. The van der Waals surface area contributed by atoms with Gasteiger partial charge in [-0.2, -0.15) is 0 Å². The third-order valence-corrected chi connectivity index (χ3v) is 3.17. The first-order valence-electron chi connectivity index (χ1n) is 8.61. The number of nitrogens with two attached hydrogens (primary N) is 1. The van der Waals surface area contributed by atoms with Crippen molar-refractivity contribution in [1.82, 2.24) is 5.32 Å². The fourth-order valence-electron chi connectivity index (χ4n) is 1.58. The molecule has 14 heteroatoms. The highest BCUT2D eigenvalue weighted by Crippen LogP contribution is 1.96. The van der Waals surface area contributed by atoms with Gasteiger partial charge in [0.15, 0.2) is 0 Å². The number of nitrogens with one attached hydrogen (secondary N) is 1. The monoisotopic (exact) mass is 438 g/mol. The molecule has 0 aromatic rings. The molecule has 2 atom stereocenters. The van der Waals surface area contributed by atoms with E-state index < -0.39 is 47.8 Å². The molecule has 0 fully saturated rings. The van der Waals surface area contributed by atoms with Crippen LogP contribution in [0.2, 0.25) is 0 Å². The Morgan fingerprint density at radius 3 is 1.77 bits per heavy atom. The summed E-state index contributed by atoms with van der Waals surface area (Å²) >= 11 is 0. The predicted octanol–water partition coefficient (Wildman–Crippen LogP) is -2.00. The number of aliphatic hydroxyl groups is 1. The molecule has 0 aliphatic rings. The first-order valence-corrected chi connectivity index (χ1v) is 8.61. The highest BCUT2D eigenvalue weighted by Gasteiger charge is 2.19. The van der Waals surface area contributed by atoms with Crippen molar-refractivity contribution < 1.29 is 59.0 Å². The van der Waals surface area contributed by atoms with Crippen LogP contribution in [0, 0.1) is 0 Å². The minimum absolute atomic E-state index is 0.00808. The molecule has 0 rings (SSSR count). The van der Waals surface area contributed by atoms with Crippen molar-refractivity contribution in [3.63, 3.8) is 0 Å². The van der Waals surface area contributed by atoms with E-state index in [2.05, 4.69) is 10.1 Å². The van der Waals surface area contributed by atoms with Crippen molar-refractivity contribution in [3.05, 3.63) is 0 Å². The van der Waals surface area contributed by atoms with Crippen LogP contribution >= 0.6 is 0 Å². The average molecular weight is 438 g/mol. The quantitative estimate of drug-likeness (QED) is 0.145. The normalized spacial score (nSPS) is 11.8. The van der Waals surface area contributed by atoms with Crippen molar-refractivity contribution in [1.29, 1.82) is 0 Å². The number of aliphatic hydroxyl groups excluding tert-OH is 1. The van der Waals surface area contributed by atoms with Crippen molar-refractivity contribution in [2.75, 3.05) is 13.2 Å². The van der Waals surface area contributed by atoms with Crippen LogP contribution in [-0.4, -0.2) is 86.6 Å². The molecule has 0 bridgehead atoms. The molecule has 0 saturated carbocycles. The summed E-state index contributed by atoms with van der Waals surface area (Å²) in [6.45, 7) is -0.484. The third-order valence-electron chi connectivity index (χ3n) is 3.17. The summed E-state index contributed by atoms with van der Waals surface area (Å²) in [4.78, 5) is 62.8. The van der Waals surface area contributed by atoms with E-state index in [9.17, 15) is 28.8 Å². The van der Waals surface area contributed by atoms with Gasteiger partial charge in [-0.25, -0.2) is 4.79 Å². The maximum Gasteiger partial charge on any atom is 0.326 e. The summed E-state index contributed by atoms with van der Waals surface area (Å²) in [5.41, 5.74) is 5.14. The Morgan fingerprint density at radius 1 is 0.800 bits per heavy atom. The van der Waals surface area contributed by atoms with E-state index in [1.165, 1.54) is 0 Å². The molecule has 0 spiro atoms. The minimum Gasteiger partial charge on any atom is -0.481 e. The number of esters is 1. The number of amides is 1. The lowest BCUT2D eigenvalue weighted by molar-refractivity contribution is -0.148. The first kappa shape index (κ1) is 28.9. The highest BCUT2D eigenvalue weighted by molar-refractivity contribution is 5.85. The van der Waals surface area contributed by atoms with Gasteiger partial charge in [-0.1, -0.05) is 0 Å². The molecule has 0 aromatic carbocycles. The van der Waals surface area contributed by atoms with Gasteiger partial charge in [0.25, 0.3) is 0 Å². The zero-order valence-corrected chi connectivity index (χ0v) is 16.0. The van der Waals surface area contributed by atoms with Crippen molar-refractivity contribution in [2.24, 2.45) is 5.73 Å². The SMILES string of the molecule is N[C@@H](CCOC(=O)CCC(=O)O)C(=O)O.O=C(O)CCC(=O)N[C@@H](CCO)C(=O)O. The van der Waals surface area contributed by atoms with E-state index >= 15 is 0 Å². The van der Waals surface area contributed by atoms with E-state index in [0.29, 0.717) is 0 Å². The Morgan fingerprint density at radius 2 is 1.33 bits per heavy atom. The molecule has 172 valence electrons. The van der Waals surface area contributed by atoms with Crippen LogP contribution in [0.15, 0.2) is 0 Å². The van der Waals surface area contributed by atoms with Crippen LogP contribution in [0.4, 0.5) is 0 Å². The number of rotatable bonds is 14. The smallest absolute Gasteiger partial charge is 0.326 e. The van der Waals surface area contributed by atoms with Crippen LogP contribution in [0.25, 0.3) is 0 Å². The summed E-state index contributed by atoms with van der Waals surface area (Å²) in [5.74, 6) is -5.97. The van der Waals surface area contributed by atoms with Gasteiger partial charge in [-0.3, -0.25) is 24.0 Å². The maximum absolute atomic E-state index is 11.0. The molecule has 0 aliphatic carbocycles. The largest absolute Gasteiger partial charge is 0.481 e. The lowest BCUT2D eigenvalue weighted by atomic mass is 10.2. The fraction of sp³-hybridized carbons (Fsp3) is 0.625. The number of aliphatic carboxylic acids is 4. The standard InChI is InChI=1S/2C8H13NO6/c9-5(8(13)14)3-4-15-7(12)2-1-6(10)11;10-4-3-5(8(14)15)9-6(11)1-2-7(12)13/h5H,1-4,9H2,(H,10,11)(H,13,14);5,10H,1-4H2,(H,9,11)(H,12,13)(H,14,15)/t2*5-/m00/s1. The number of hydrogen-bond donors (Lipinski definition) is 7. The van der Waals surface area contributed by atoms with Crippen molar-refractivity contribution in [3.8, 4) is 0 Å². The number of hydrogen-bond acceptors (Lipinski definition) is 9. The van der Waals surface area contributed by atoms with Gasteiger partial charge in [0, 0.05) is 25.9 Å². The van der Waals surface area contributed by atoms with Crippen molar-refractivity contribution in [2.45, 2.75) is 50.6 Å². The number of carbonyl (C=O) groups excluding carboxylic acids is 2. The van der Waals surface area contributed by atoms with Crippen LogP contribution in [-0.2, 0) is 33.5 Å². The van der Waals surface area contributed by atoms with Gasteiger partial charge in [0.1, 0.15) is 12.1 Å². The van der Waals surface area contributed by atoms with Crippen LogP contribution in [0.3, 0.4) is 0 Å². The molecule has 0 aliphatic heterocycles. The molecule has 0 saturated heterocycles. The Hall–Kier alpha value is -3.26. The zero-order chi connectivity index (χ0) is 23.7. The molecule has 1 amide bonds. The molecule has 0 unspecified atom stereocenters. The number of carboxylic acid groups (broad SMARTS) is 4. The summed E-state index contributed by atoms with van der Waals surface area (Å²) < 4.78 is 4.57. The lowest BCUT2D eigenvalue weighted by Gasteiger charge is -2.12. The van der Waals surface area contributed by atoms with Crippen LogP contribution in [0.5, 0.6) is 0 Å². The molecule has 14 nitrogen and oxygen atoms in total. The second-order valence-electron chi connectivity index (χ2n) is 5.71. The molecule has 30 heavy (non-hydrogen) atoms. The van der Waals surface area contributed by atoms with E-state index in [0.717, 1.165) is 0 Å². The molecular weight excluding hydrogens is 412 g/mol. The lowest BCUT2D eigenvalue weighted by Crippen LogP contribution is -2.41. The Bertz CT molecular complexity index is 607. The minimum atomic E-state index is -1.26. The highest BCUT2D eigenvalue weighted by atomic mass is 16.5. The fourth-order valence-corrected chi connectivity index (χ4v) is 1.58. The topological polar surface area (TPSA) is 251 Å². The van der Waals surface area contributed by atoms with Crippen LogP contribution < -0.4 is 11.1 Å². The summed E-state index contributed by atoms with van der Waals surface area (Å²) in [7, 11) is 0. The van der Waals surface area contributed by atoms with Gasteiger partial charge in [0.2, 0.25) is 5.91 Å². The van der Waals surface area contributed by atoms with Crippen LogP contribution in [0.1, 0.15) is 38.5 Å². The van der Waals surface area contributed by atoms with Crippen molar-refractivity contribution >= 4 is 35.8 Å². The molecule has 0 heterocycles. The Kier molecular flexibility index (Phi) is 16.1. The van der Waals surface area contributed by atoms with Gasteiger partial charge in [0.05, 0.1) is 25.9 Å². The van der Waals surface area contributed by atoms with E-state index in [-0.39, 0.29) is 51.7 Å². The van der Waals surface area contributed by atoms with Gasteiger partial charge < -0.3 is 41.3 Å². The first-order chi connectivity index (χ1) is 13.9. The average Bonchev–Trinajstić information content (AvgIpc) is 2.64. The Balaban J connectivity index is 0. The second-order valence-corrected chi connectivity index (χ2v) is 5.71. The maximum atomic E-state index is 11.0. The zero-order valence-electron chi connectivity index (χ0n) is 16.0. The molecular formula is C16H26N2O12. The predicted molar refractivity (Wildman–Crippen MR) is 96.2 cm³/mol. The van der Waals surface area contributed by atoms with E-state index in [1.807, 2.05) is 0 Å². The third kappa shape index (κ3) is 18.1. The Labute approximate surface area is 170 Å². The molecule has 0 radical (unpaired) electrons. The number of carboxylic acids is 4. The van der Waals surface area contributed by atoms with E-state index in [1.54, 1.807) is 0 Å². The van der Waals surface area contributed by atoms with E-state index in [4.69, 9.17) is 31.3 Å². The van der Waals surface area contributed by atoms with Gasteiger partial charge in [-0.15, -0.1) is 0 Å².